The molecule has 4 heteroatoms. The maximum atomic E-state index is 11.8. The summed E-state index contributed by atoms with van der Waals surface area (Å²) in [7, 11) is 0. The van der Waals surface area contributed by atoms with E-state index in [0.717, 1.165) is 0 Å². The summed E-state index contributed by atoms with van der Waals surface area (Å²) in [6.45, 7) is 1.18. The largest absolute Gasteiger partial charge is 0.402 e. The van der Waals surface area contributed by atoms with Gasteiger partial charge in [-0.15, -0.1) is 0 Å². The molecule has 0 unspecified atom stereocenters. The average molecular weight is 233 g/mol. The Morgan fingerprint density at radius 3 is 2.59 bits per heavy atom. The Hall–Kier alpha value is -1.65. The second-order valence-corrected chi connectivity index (χ2v) is 3.82. The Balaban J connectivity index is 1.96. The normalized spacial score (nSPS) is 17.3. The van der Waals surface area contributed by atoms with Crippen molar-refractivity contribution in [2.45, 2.75) is 12.7 Å². The molecular formula is C13H15NO3. The van der Waals surface area contributed by atoms with Crippen LogP contribution in [0.1, 0.15) is 16.8 Å². The number of ether oxygens (including phenoxy) is 2. The summed E-state index contributed by atoms with van der Waals surface area (Å²) in [5.74, 6) is -0.0962. The maximum absolute atomic E-state index is 11.8. The summed E-state index contributed by atoms with van der Waals surface area (Å²) in [4.78, 5) is 11.8. The molecule has 0 radical (unpaired) electrons. The van der Waals surface area contributed by atoms with Crippen LogP contribution in [-0.2, 0) is 9.47 Å². The monoisotopic (exact) mass is 233 g/mol. The highest BCUT2D eigenvalue weighted by Gasteiger charge is 2.16. The third-order valence-corrected chi connectivity index (χ3v) is 2.47. The highest BCUT2D eigenvalue weighted by atomic mass is 16.7. The number of rotatable bonds is 4. The molecule has 0 aliphatic carbocycles. The molecule has 1 aliphatic rings. The van der Waals surface area contributed by atoms with Crippen LogP contribution in [0.2, 0.25) is 0 Å². The van der Waals surface area contributed by atoms with E-state index in [2.05, 4.69) is 0 Å². The molecule has 1 heterocycles. The van der Waals surface area contributed by atoms with Crippen LogP contribution in [0.4, 0.5) is 0 Å². The van der Waals surface area contributed by atoms with E-state index in [0.29, 0.717) is 30.9 Å². The Kier molecular flexibility index (Phi) is 3.90. The number of allylic oxidation sites excluding steroid dienone is 1. The molecule has 2 rings (SSSR count). The summed E-state index contributed by atoms with van der Waals surface area (Å²) in [6.07, 6.45) is 1.55. The van der Waals surface area contributed by atoms with Crippen molar-refractivity contribution in [1.82, 2.24) is 0 Å². The molecule has 90 valence electrons. The van der Waals surface area contributed by atoms with Crippen molar-refractivity contribution in [1.29, 1.82) is 0 Å². The van der Waals surface area contributed by atoms with E-state index in [1.54, 1.807) is 12.1 Å². The van der Waals surface area contributed by atoms with E-state index in [-0.39, 0.29) is 12.1 Å². The molecule has 0 aromatic heterocycles. The zero-order valence-corrected chi connectivity index (χ0v) is 9.46. The summed E-state index contributed by atoms with van der Waals surface area (Å²) in [5, 5.41) is 0. The number of hydrogen-bond donors (Lipinski definition) is 1. The van der Waals surface area contributed by atoms with Gasteiger partial charge in [0.05, 0.1) is 13.2 Å². The summed E-state index contributed by atoms with van der Waals surface area (Å²) >= 11 is 0. The fourth-order valence-corrected chi connectivity index (χ4v) is 1.63. The first kappa shape index (κ1) is 11.8. The van der Waals surface area contributed by atoms with Crippen molar-refractivity contribution in [3.63, 3.8) is 0 Å². The van der Waals surface area contributed by atoms with Gasteiger partial charge in [0.1, 0.15) is 0 Å². The molecule has 0 spiro atoms. The minimum Gasteiger partial charge on any atom is -0.402 e. The standard InChI is InChI=1S/C13H15NO3/c14-11(9-13-16-6-7-17-13)8-12(15)10-4-2-1-3-5-10/h1-5,8,13H,6-7,9,14H2/b11-8-. The summed E-state index contributed by atoms with van der Waals surface area (Å²) in [5.41, 5.74) is 6.88. The lowest BCUT2D eigenvalue weighted by Crippen LogP contribution is -2.14. The summed E-state index contributed by atoms with van der Waals surface area (Å²) in [6, 6.07) is 9.02. The van der Waals surface area contributed by atoms with Gasteiger partial charge < -0.3 is 15.2 Å². The molecular weight excluding hydrogens is 218 g/mol. The third kappa shape index (κ3) is 3.41. The number of nitrogens with two attached hydrogens (primary N) is 1. The lowest BCUT2D eigenvalue weighted by atomic mass is 10.1. The fourth-order valence-electron chi connectivity index (χ4n) is 1.63. The van der Waals surface area contributed by atoms with E-state index in [4.69, 9.17) is 15.2 Å². The predicted molar refractivity (Wildman–Crippen MR) is 63.4 cm³/mol. The average Bonchev–Trinajstić information content (AvgIpc) is 2.82. The number of carbonyl (C=O) groups is 1. The van der Waals surface area contributed by atoms with E-state index in [9.17, 15) is 4.79 Å². The molecule has 1 fully saturated rings. The summed E-state index contributed by atoms with van der Waals surface area (Å²) < 4.78 is 10.5. The van der Waals surface area contributed by atoms with Crippen LogP contribution in [0.3, 0.4) is 0 Å². The first-order chi connectivity index (χ1) is 8.25. The van der Waals surface area contributed by atoms with Crippen LogP contribution in [0.5, 0.6) is 0 Å². The van der Waals surface area contributed by atoms with Crippen molar-refractivity contribution >= 4 is 5.78 Å². The van der Waals surface area contributed by atoms with Gasteiger partial charge in [0.25, 0.3) is 0 Å². The van der Waals surface area contributed by atoms with Crippen LogP contribution in [0.25, 0.3) is 0 Å². The van der Waals surface area contributed by atoms with Crippen molar-refractivity contribution in [2.75, 3.05) is 13.2 Å². The molecule has 4 nitrogen and oxygen atoms in total. The quantitative estimate of drug-likeness (QED) is 0.632. The molecule has 17 heavy (non-hydrogen) atoms. The van der Waals surface area contributed by atoms with E-state index in [1.807, 2.05) is 18.2 Å². The number of carbonyl (C=O) groups excluding carboxylic acids is 1. The van der Waals surface area contributed by atoms with E-state index >= 15 is 0 Å². The predicted octanol–water partition coefficient (Wildman–Crippen LogP) is 1.47. The van der Waals surface area contributed by atoms with Gasteiger partial charge in [0, 0.05) is 23.8 Å². The van der Waals surface area contributed by atoms with Gasteiger partial charge in [-0.1, -0.05) is 30.3 Å². The van der Waals surface area contributed by atoms with Crippen LogP contribution in [-0.4, -0.2) is 25.3 Å². The Bertz CT molecular complexity index is 408. The molecule has 1 aromatic rings. The van der Waals surface area contributed by atoms with Gasteiger partial charge in [-0.2, -0.15) is 0 Å². The van der Waals surface area contributed by atoms with Gasteiger partial charge >= 0.3 is 0 Å². The lowest BCUT2D eigenvalue weighted by Gasteiger charge is -2.08. The van der Waals surface area contributed by atoms with E-state index in [1.165, 1.54) is 6.08 Å². The topological polar surface area (TPSA) is 61.6 Å². The lowest BCUT2D eigenvalue weighted by molar-refractivity contribution is -0.0401. The van der Waals surface area contributed by atoms with Crippen LogP contribution in [0, 0.1) is 0 Å². The number of benzene rings is 1. The van der Waals surface area contributed by atoms with Crippen molar-refractivity contribution in [3.8, 4) is 0 Å². The molecule has 0 bridgehead atoms. The maximum Gasteiger partial charge on any atom is 0.187 e. The highest BCUT2D eigenvalue weighted by Crippen LogP contribution is 2.12. The first-order valence-electron chi connectivity index (χ1n) is 5.54. The smallest absolute Gasteiger partial charge is 0.187 e. The Morgan fingerprint density at radius 1 is 1.29 bits per heavy atom. The van der Waals surface area contributed by atoms with Crippen molar-refractivity contribution < 1.29 is 14.3 Å². The molecule has 0 atom stereocenters. The number of hydrogen-bond acceptors (Lipinski definition) is 4. The molecule has 2 N–H and O–H groups in total. The molecule has 1 aliphatic heterocycles. The van der Waals surface area contributed by atoms with Crippen molar-refractivity contribution in [3.05, 3.63) is 47.7 Å². The van der Waals surface area contributed by atoms with Crippen molar-refractivity contribution in [2.24, 2.45) is 5.73 Å². The molecule has 0 amide bonds. The molecule has 0 saturated carbocycles. The second kappa shape index (κ2) is 5.61. The zero-order chi connectivity index (χ0) is 12.1. The fraction of sp³-hybridized carbons (Fsp3) is 0.308. The van der Waals surface area contributed by atoms with E-state index < -0.39 is 0 Å². The van der Waals surface area contributed by atoms with Gasteiger partial charge in [-0.05, 0) is 0 Å². The third-order valence-electron chi connectivity index (χ3n) is 2.47. The van der Waals surface area contributed by atoms with Crippen LogP contribution < -0.4 is 5.73 Å². The minimum absolute atomic E-state index is 0.0962. The number of ketones is 1. The van der Waals surface area contributed by atoms with Gasteiger partial charge in [-0.25, -0.2) is 0 Å². The Morgan fingerprint density at radius 2 is 1.94 bits per heavy atom. The van der Waals surface area contributed by atoms with Gasteiger partial charge in [0.2, 0.25) is 0 Å². The molecule has 1 saturated heterocycles. The van der Waals surface area contributed by atoms with Gasteiger partial charge in [-0.3, -0.25) is 4.79 Å². The Labute approximate surface area is 100 Å². The highest BCUT2D eigenvalue weighted by molar-refractivity contribution is 6.04. The second-order valence-electron chi connectivity index (χ2n) is 3.82. The zero-order valence-electron chi connectivity index (χ0n) is 9.46. The van der Waals surface area contributed by atoms with Crippen LogP contribution in [0.15, 0.2) is 42.1 Å². The minimum atomic E-state index is -0.310. The first-order valence-corrected chi connectivity index (χ1v) is 5.54. The SMILES string of the molecule is N/C(=C\C(=O)c1ccccc1)CC1OCCO1. The van der Waals surface area contributed by atoms with Crippen LogP contribution >= 0.6 is 0 Å². The van der Waals surface area contributed by atoms with Gasteiger partial charge in [0.15, 0.2) is 12.1 Å². The molecule has 1 aromatic carbocycles.